The highest BCUT2D eigenvalue weighted by Crippen LogP contribution is 2.33. The zero-order valence-electron chi connectivity index (χ0n) is 18.6. The summed E-state index contributed by atoms with van der Waals surface area (Å²) in [6.45, 7) is 8.36. The first kappa shape index (κ1) is 21.7. The van der Waals surface area contributed by atoms with E-state index in [2.05, 4.69) is 56.8 Å². The van der Waals surface area contributed by atoms with E-state index in [1.165, 1.54) is 0 Å². The van der Waals surface area contributed by atoms with Crippen molar-refractivity contribution in [2.75, 3.05) is 6.61 Å². The van der Waals surface area contributed by atoms with Crippen molar-refractivity contribution in [3.05, 3.63) is 31.0 Å². The van der Waals surface area contributed by atoms with Crippen LogP contribution in [0.5, 0.6) is 0 Å². The summed E-state index contributed by atoms with van der Waals surface area (Å²) in [5.74, 6) is 0.366. The Morgan fingerprint density at radius 2 is 2.03 bits per heavy atom. The minimum absolute atomic E-state index is 0.366. The minimum atomic E-state index is -1.09. The Morgan fingerprint density at radius 1 is 1.23 bits per heavy atom. The van der Waals surface area contributed by atoms with Gasteiger partial charge in [0.2, 0.25) is 0 Å². The van der Waals surface area contributed by atoms with E-state index in [4.69, 9.17) is 9.94 Å². The predicted molar refractivity (Wildman–Crippen MR) is 124 cm³/mol. The molecule has 4 rings (SSSR count). The molecule has 166 valence electrons. The van der Waals surface area contributed by atoms with E-state index < -0.39 is 8.07 Å². The fourth-order valence-corrected chi connectivity index (χ4v) is 4.91. The molecule has 9 heteroatoms. The van der Waals surface area contributed by atoms with Crippen LogP contribution in [-0.4, -0.2) is 50.4 Å². The molecule has 3 heterocycles. The molecule has 31 heavy (non-hydrogen) atoms. The van der Waals surface area contributed by atoms with Crippen molar-refractivity contribution in [1.82, 2.24) is 24.3 Å². The second-order valence-electron chi connectivity index (χ2n) is 9.64. The molecule has 1 aliphatic rings. The van der Waals surface area contributed by atoms with Crippen molar-refractivity contribution < 1.29 is 9.94 Å². The molecular weight excluding hydrogens is 408 g/mol. The lowest BCUT2D eigenvalue weighted by Gasteiger charge is -2.26. The SMILES string of the molecule is C[Si](C)(C)CCOCn1ccc2c(-c3cnn([C@H]4CC[C@@H](/C=N/O)CC4)c3)ncnc21. The number of nitrogens with zero attached hydrogens (tertiary/aromatic N) is 6. The summed E-state index contributed by atoms with van der Waals surface area (Å²) in [5.41, 5.74) is 2.79. The van der Waals surface area contributed by atoms with Gasteiger partial charge in [-0.15, -0.1) is 5.16 Å². The highest BCUT2D eigenvalue weighted by molar-refractivity contribution is 6.76. The molecular formula is C22H32N6O2Si. The van der Waals surface area contributed by atoms with Crippen LogP contribution < -0.4 is 0 Å². The first-order valence-electron chi connectivity index (χ1n) is 11.0. The van der Waals surface area contributed by atoms with E-state index in [0.717, 1.165) is 60.6 Å². The van der Waals surface area contributed by atoms with Gasteiger partial charge in [0.05, 0.1) is 17.9 Å². The van der Waals surface area contributed by atoms with E-state index in [9.17, 15) is 0 Å². The topological polar surface area (TPSA) is 90.4 Å². The Hall–Kier alpha value is -2.52. The van der Waals surface area contributed by atoms with Crippen molar-refractivity contribution >= 4 is 25.3 Å². The Bertz CT molecular complexity index is 1030. The number of fused-ring (bicyclic) bond motifs is 1. The van der Waals surface area contributed by atoms with Gasteiger partial charge < -0.3 is 14.5 Å². The Balaban J connectivity index is 1.46. The van der Waals surface area contributed by atoms with Gasteiger partial charge in [-0.2, -0.15) is 5.10 Å². The number of aromatic nitrogens is 5. The van der Waals surface area contributed by atoms with Crippen molar-refractivity contribution in [3.63, 3.8) is 0 Å². The normalized spacial score (nSPS) is 20.1. The predicted octanol–water partition coefficient (Wildman–Crippen LogP) is 4.80. The zero-order chi connectivity index (χ0) is 21.8. The molecule has 0 amide bonds. The lowest BCUT2D eigenvalue weighted by molar-refractivity contribution is 0.0899. The van der Waals surface area contributed by atoms with Crippen molar-refractivity contribution in [2.45, 2.75) is 64.1 Å². The summed E-state index contributed by atoms with van der Waals surface area (Å²) in [6, 6.07) is 3.59. The van der Waals surface area contributed by atoms with E-state index in [1.807, 2.05) is 17.0 Å². The lowest BCUT2D eigenvalue weighted by atomic mass is 9.87. The summed E-state index contributed by atoms with van der Waals surface area (Å²) in [4.78, 5) is 9.05. The summed E-state index contributed by atoms with van der Waals surface area (Å²) in [5, 5.41) is 17.6. The molecule has 0 aromatic carbocycles. The lowest BCUT2D eigenvalue weighted by Crippen LogP contribution is -2.22. The van der Waals surface area contributed by atoms with Gasteiger partial charge in [-0.25, -0.2) is 9.97 Å². The number of oxime groups is 1. The van der Waals surface area contributed by atoms with E-state index >= 15 is 0 Å². The third-order valence-electron chi connectivity index (χ3n) is 6.05. The maximum atomic E-state index is 8.74. The van der Waals surface area contributed by atoms with Crippen molar-refractivity contribution in [1.29, 1.82) is 0 Å². The summed E-state index contributed by atoms with van der Waals surface area (Å²) >= 11 is 0. The van der Waals surface area contributed by atoms with Gasteiger partial charge in [-0.3, -0.25) is 4.68 Å². The summed E-state index contributed by atoms with van der Waals surface area (Å²) in [6.07, 6.45) is 13.4. The van der Waals surface area contributed by atoms with E-state index in [1.54, 1.807) is 12.5 Å². The van der Waals surface area contributed by atoms with Gasteiger partial charge in [0.15, 0.2) is 0 Å². The number of hydrogen-bond donors (Lipinski definition) is 1. The molecule has 3 aromatic rings. The summed E-state index contributed by atoms with van der Waals surface area (Å²) in [7, 11) is -1.09. The third kappa shape index (κ3) is 5.22. The van der Waals surface area contributed by atoms with Crippen LogP contribution in [0.2, 0.25) is 25.7 Å². The second-order valence-corrected chi connectivity index (χ2v) is 15.3. The smallest absolute Gasteiger partial charge is 0.145 e. The van der Waals surface area contributed by atoms with Gasteiger partial charge >= 0.3 is 0 Å². The Labute approximate surface area is 184 Å². The fraction of sp³-hybridized carbons (Fsp3) is 0.545. The molecule has 1 fully saturated rings. The standard InChI is InChI=1S/C22H32N6O2Si/c1-31(2,3)11-10-30-16-27-9-8-20-21(23-15-24-22(20)27)18-13-25-28(14-18)19-6-4-17(5-7-19)12-26-29/h8-9,12-15,17,19,29H,4-7,10-11,16H2,1-3H3/b26-12+/t17-,19+. The first-order chi connectivity index (χ1) is 14.9. The summed E-state index contributed by atoms with van der Waals surface area (Å²) < 4.78 is 10.0. The molecule has 0 saturated heterocycles. The minimum Gasteiger partial charge on any atom is -0.411 e. The average molecular weight is 441 g/mol. The number of rotatable bonds is 8. The molecule has 1 saturated carbocycles. The van der Waals surface area contributed by atoms with Crippen molar-refractivity contribution in [2.24, 2.45) is 11.1 Å². The maximum absolute atomic E-state index is 8.74. The van der Waals surface area contributed by atoms with Gasteiger partial charge in [-0.1, -0.05) is 19.6 Å². The molecule has 0 unspecified atom stereocenters. The monoisotopic (exact) mass is 440 g/mol. The molecule has 0 atom stereocenters. The Kier molecular flexibility index (Phi) is 6.52. The molecule has 8 nitrogen and oxygen atoms in total. The van der Waals surface area contributed by atoms with Crippen LogP contribution in [0.3, 0.4) is 0 Å². The van der Waals surface area contributed by atoms with Crippen molar-refractivity contribution in [3.8, 4) is 11.3 Å². The van der Waals surface area contributed by atoms with Crippen LogP contribution in [0.15, 0.2) is 36.1 Å². The molecule has 1 aliphatic carbocycles. The van der Waals surface area contributed by atoms with E-state index in [0.29, 0.717) is 18.7 Å². The number of ether oxygens (including phenoxy) is 1. The van der Waals surface area contributed by atoms with Crippen LogP contribution in [0.25, 0.3) is 22.3 Å². The largest absolute Gasteiger partial charge is 0.411 e. The third-order valence-corrected chi connectivity index (χ3v) is 7.75. The molecule has 3 aromatic heterocycles. The average Bonchev–Trinajstić information content (AvgIpc) is 3.39. The van der Waals surface area contributed by atoms with Gasteiger partial charge in [0.1, 0.15) is 18.7 Å². The zero-order valence-corrected chi connectivity index (χ0v) is 19.6. The maximum Gasteiger partial charge on any atom is 0.145 e. The van der Waals surface area contributed by atoms with Gasteiger partial charge in [-0.05, 0) is 43.7 Å². The van der Waals surface area contributed by atoms with Crippen LogP contribution in [0.4, 0.5) is 0 Å². The highest BCUT2D eigenvalue weighted by atomic mass is 28.3. The molecule has 0 radical (unpaired) electrons. The van der Waals surface area contributed by atoms with E-state index in [-0.39, 0.29) is 0 Å². The number of hydrogen-bond acceptors (Lipinski definition) is 6. The van der Waals surface area contributed by atoms with Crippen LogP contribution >= 0.6 is 0 Å². The Morgan fingerprint density at radius 3 is 2.77 bits per heavy atom. The fourth-order valence-electron chi connectivity index (χ4n) is 4.15. The molecule has 0 aliphatic heterocycles. The quantitative estimate of drug-likeness (QED) is 0.179. The first-order valence-corrected chi connectivity index (χ1v) is 14.7. The molecule has 0 spiro atoms. The molecule has 1 N–H and O–H groups in total. The van der Waals surface area contributed by atoms with Gasteiger partial charge in [0, 0.05) is 44.2 Å². The van der Waals surface area contributed by atoms with Gasteiger partial charge in [0.25, 0.3) is 0 Å². The van der Waals surface area contributed by atoms with Crippen LogP contribution in [0.1, 0.15) is 31.7 Å². The van der Waals surface area contributed by atoms with Crippen LogP contribution in [-0.2, 0) is 11.5 Å². The second kappa shape index (κ2) is 9.31. The van der Waals surface area contributed by atoms with Crippen LogP contribution in [0, 0.1) is 5.92 Å². The highest BCUT2D eigenvalue weighted by Gasteiger charge is 2.23. The molecule has 0 bridgehead atoms.